The molecule has 2 atom stereocenters. The van der Waals surface area contributed by atoms with Crippen molar-refractivity contribution in [2.24, 2.45) is 17.1 Å². The van der Waals surface area contributed by atoms with Crippen LogP contribution in [0.15, 0.2) is 35.1 Å². The fourth-order valence-electron chi connectivity index (χ4n) is 4.52. The van der Waals surface area contributed by atoms with Gasteiger partial charge in [-0.2, -0.15) is 15.8 Å². The minimum absolute atomic E-state index is 0.0831. The van der Waals surface area contributed by atoms with Gasteiger partial charge in [-0.3, -0.25) is 10.1 Å². The van der Waals surface area contributed by atoms with Crippen molar-refractivity contribution in [2.45, 2.75) is 5.92 Å². The molecule has 0 spiro atoms. The standard InChI is InChI=1S/C20H16N6O4/c1-25-3-2-11-13(6-21)19(24)20(8-22,9-23)18(14(11)7-25)12-4-16-17(30-10-29-16)5-15(12)26(27)28/h2,4-5,14,18H,3,7,10,24H2,1H3. The molecule has 0 radical (unpaired) electrons. The molecule has 2 aliphatic heterocycles. The van der Waals surface area contributed by atoms with Crippen LogP contribution in [0, 0.1) is 55.4 Å². The van der Waals surface area contributed by atoms with Crippen LogP contribution in [-0.2, 0) is 0 Å². The first kappa shape index (κ1) is 19.3. The Balaban J connectivity index is 2.07. The number of fused-ring (bicyclic) bond motifs is 2. The van der Waals surface area contributed by atoms with Crippen LogP contribution in [0.3, 0.4) is 0 Å². The minimum atomic E-state index is -1.95. The van der Waals surface area contributed by atoms with Crippen LogP contribution in [0.2, 0.25) is 0 Å². The Morgan fingerprint density at radius 1 is 1.27 bits per heavy atom. The summed E-state index contributed by atoms with van der Waals surface area (Å²) in [6.07, 6.45) is 1.82. The third kappa shape index (κ3) is 2.50. The molecule has 3 aliphatic rings. The van der Waals surface area contributed by atoms with E-state index in [-0.39, 0.29) is 35.1 Å². The summed E-state index contributed by atoms with van der Waals surface area (Å²) in [4.78, 5) is 13.3. The third-order valence-electron chi connectivity index (χ3n) is 5.90. The van der Waals surface area contributed by atoms with E-state index in [2.05, 4.69) is 0 Å². The Labute approximate surface area is 171 Å². The zero-order valence-electron chi connectivity index (χ0n) is 16.0. The average Bonchev–Trinajstić information content (AvgIpc) is 3.20. The second-order valence-electron chi connectivity index (χ2n) is 7.42. The predicted molar refractivity (Wildman–Crippen MR) is 102 cm³/mol. The molecule has 10 nitrogen and oxygen atoms in total. The van der Waals surface area contributed by atoms with Gasteiger partial charge in [0.05, 0.1) is 34.4 Å². The van der Waals surface area contributed by atoms with Crippen LogP contribution in [-0.4, -0.2) is 36.8 Å². The number of likely N-dealkylation sites (N-methyl/N-ethyl adjacent to an activating group) is 1. The van der Waals surface area contributed by atoms with Crippen LogP contribution in [0.5, 0.6) is 11.5 Å². The lowest BCUT2D eigenvalue weighted by molar-refractivity contribution is -0.386. The fraction of sp³-hybridized carbons (Fsp3) is 0.350. The van der Waals surface area contributed by atoms with Gasteiger partial charge in [0.15, 0.2) is 16.9 Å². The van der Waals surface area contributed by atoms with Gasteiger partial charge in [-0.15, -0.1) is 0 Å². The fourth-order valence-corrected chi connectivity index (χ4v) is 4.52. The second-order valence-corrected chi connectivity index (χ2v) is 7.42. The first-order valence-electron chi connectivity index (χ1n) is 9.07. The Kier molecular flexibility index (Phi) is 4.34. The van der Waals surface area contributed by atoms with Gasteiger partial charge in [0.1, 0.15) is 6.07 Å². The Bertz CT molecular complexity index is 1140. The van der Waals surface area contributed by atoms with Crippen molar-refractivity contribution in [3.8, 4) is 29.7 Å². The van der Waals surface area contributed by atoms with Crippen molar-refractivity contribution >= 4 is 5.69 Å². The first-order valence-corrected chi connectivity index (χ1v) is 9.07. The highest BCUT2D eigenvalue weighted by Crippen LogP contribution is 2.57. The van der Waals surface area contributed by atoms with Crippen LogP contribution in [0.4, 0.5) is 5.69 Å². The number of nitrogens with two attached hydrogens (primary N) is 1. The Hall–Kier alpha value is -4.07. The molecule has 0 bridgehead atoms. The molecular formula is C20H16N6O4. The maximum atomic E-state index is 11.9. The molecule has 0 fully saturated rings. The van der Waals surface area contributed by atoms with Crippen LogP contribution in [0.25, 0.3) is 0 Å². The monoisotopic (exact) mass is 404 g/mol. The Morgan fingerprint density at radius 2 is 1.93 bits per heavy atom. The molecule has 0 saturated heterocycles. The lowest BCUT2D eigenvalue weighted by Gasteiger charge is -2.44. The van der Waals surface area contributed by atoms with Gasteiger partial charge in [-0.1, -0.05) is 6.08 Å². The highest BCUT2D eigenvalue weighted by Gasteiger charge is 2.56. The number of rotatable bonds is 2. The lowest BCUT2D eigenvalue weighted by Crippen LogP contribution is -2.47. The summed E-state index contributed by atoms with van der Waals surface area (Å²) in [5.41, 5.74) is 4.65. The zero-order chi connectivity index (χ0) is 21.6. The largest absolute Gasteiger partial charge is 0.454 e. The molecule has 0 amide bonds. The van der Waals surface area contributed by atoms with E-state index in [9.17, 15) is 25.9 Å². The number of nitro groups is 1. The van der Waals surface area contributed by atoms with Gasteiger partial charge in [-0.05, 0) is 18.7 Å². The summed E-state index contributed by atoms with van der Waals surface area (Å²) in [7, 11) is 1.85. The summed E-state index contributed by atoms with van der Waals surface area (Å²) < 4.78 is 10.7. The first-order chi connectivity index (χ1) is 14.4. The number of allylic oxidation sites excluding steroid dienone is 2. The Morgan fingerprint density at radius 3 is 2.53 bits per heavy atom. The zero-order valence-corrected chi connectivity index (χ0v) is 16.0. The summed E-state index contributed by atoms with van der Waals surface area (Å²) in [5, 5.41) is 41.8. The average molecular weight is 404 g/mol. The molecule has 30 heavy (non-hydrogen) atoms. The highest BCUT2D eigenvalue weighted by atomic mass is 16.7. The number of ether oxygens (including phenoxy) is 2. The smallest absolute Gasteiger partial charge is 0.276 e. The van der Waals surface area contributed by atoms with E-state index in [0.29, 0.717) is 24.4 Å². The summed E-state index contributed by atoms with van der Waals surface area (Å²) in [6, 6.07) is 8.67. The predicted octanol–water partition coefficient (Wildman–Crippen LogP) is 1.68. The maximum Gasteiger partial charge on any atom is 0.276 e. The van der Waals surface area contributed by atoms with Crippen molar-refractivity contribution in [1.82, 2.24) is 4.90 Å². The number of benzene rings is 1. The highest BCUT2D eigenvalue weighted by molar-refractivity contribution is 5.64. The molecule has 4 rings (SSSR count). The molecule has 1 aliphatic carbocycles. The van der Waals surface area contributed by atoms with Crippen molar-refractivity contribution in [1.29, 1.82) is 15.8 Å². The van der Waals surface area contributed by atoms with E-state index in [4.69, 9.17) is 15.2 Å². The molecule has 150 valence electrons. The molecule has 0 aromatic heterocycles. The van der Waals surface area contributed by atoms with Gasteiger partial charge < -0.3 is 20.1 Å². The molecule has 10 heteroatoms. The number of nitrogens with zero attached hydrogens (tertiary/aromatic N) is 5. The van der Waals surface area contributed by atoms with Gasteiger partial charge in [0, 0.05) is 30.5 Å². The molecule has 1 aromatic rings. The topological polar surface area (TPSA) is 162 Å². The third-order valence-corrected chi connectivity index (χ3v) is 5.90. The number of nitro benzene ring substituents is 1. The summed E-state index contributed by atoms with van der Waals surface area (Å²) >= 11 is 0. The van der Waals surface area contributed by atoms with E-state index in [1.807, 2.05) is 36.2 Å². The lowest BCUT2D eigenvalue weighted by atomic mass is 9.58. The SMILES string of the molecule is CN1CC=C2C(C#N)=C(N)C(C#N)(C#N)C(c3cc4c(cc3[N+](=O)[O-])OCO4)C2C1. The van der Waals surface area contributed by atoms with Crippen molar-refractivity contribution in [2.75, 3.05) is 26.9 Å². The second kappa shape index (κ2) is 6.77. The van der Waals surface area contributed by atoms with E-state index >= 15 is 0 Å². The molecule has 2 N–H and O–H groups in total. The van der Waals surface area contributed by atoms with E-state index in [0.717, 1.165) is 0 Å². The minimum Gasteiger partial charge on any atom is -0.454 e. The quantitative estimate of drug-likeness (QED) is 0.570. The number of nitriles is 3. The molecule has 2 unspecified atom stereocenters. The summed E-state index contributed by atoms with van der Waals surface area (Å²) in [5.74, 6) is -0.986. The van der Waals surface area contributed by atoms with Gasteiger partial charge >= 0.3 is 0 Å². The summed E-state index contributed by atoms with van der Waals surface area (Å²) in [6.45, 7) is 0.859. The van der Waals surface area contributed by atoms with Gasteiger partial charge in [-0.25, -0.2) is 0 Å². The maximum absolute atomic E-state index is 11.9. The molecular weight excluding hydrogens is 388 g/mol. The van der Waals surface area contributed by atoms with Gasteiger partial charge in [0.2, 0.25) is 6.79 Å². The van der Waals surface area contributed by atoms with Crippen molar-refractivity contribution in [3.63, 3.8) is 0 Å². The number of hydrogen-bond acceptors (Lipinski definition) is 9. The van der Waals surface area contributed by atoms with E-state index in [1.54, 1.807) is 0 Å². The molecule has 2 heterocycles. The normalized spacial score (nSPS) is 24.1. The van der Waals surface area contributed by atoms with Crippen LogP contribution < -0.4 is 15.2 Å². The van der Waals surface area contributed by atoms with Gasteiger partial charge in [0.25, 0.3) is 5.69 Å². The van der Waals surface area contributed by atoms with E-state index in [1.165, 1.54) is 12.1 Å². The van der Waals surface area contributed by atoms with Crippen LogP contribution >= 0.6 is 0 Å². The van der Waals surface area contributed by atoms with E-state index < -0.39 is 22.2 Å². The van der Waals surface area contributed by atoms with Crippen LogP contribution in [0.1, 0.15) is 11.5 Å². The van der Waals surface area contributed by atoms with Crippen molar-refractivity contribution < 1.29 is 14.4 Å². The molecule has 0 saturated carbocycles. The molecule has 1 aromatic carbocycles. The number of hydrogen-bond donors (Lipinski definition) is 1. The van der Waals surface area contributed by atoms with Crippen molar-refractivity contribution in [3.05, 3.63) is 50.7 Å².